The fourth-order valence-corrected chi connectivity index (χ4v) is 2.62. The molecule has 0 aliphatic heterocycles. The number of aromatic amines is 1. The van der Waals surface area contributed by atoms with Gasteiger partial charge in [-0.15, -0.1) is 0 Å². The summed E-state index contributed by atoms with van der Waals surface area (Å²) in [7, 11) is 0. The number of hydrogen-bond acceptors (Lipinski definition) is 2. The maximum atomic E-state index is 9.44. The Morgan fingerprint density at radius 3 is 2.26 bits per heavy atom. The maximum absolute atomic E-state index is 9.44. The number of benzene rings is 2. The van der Waals surface area contributed by atoms with Gasteiger partial charge < -0.3 is 4.98 Å². The van der Waals surface area contributed by atoms with Gasteiger partial charge in [-0.25, -0.2) is 0 Å². The van der Waals surface area contributed by atoms with E-state index >= 15 is 0 Å². The molecule has 0 unspecified atom stereocenters. The molecule has 0 aliphatic carbocycles. The van der Waals surface area contributed by atoms with Gasteiger partial charge in [-0.2, -0.15) is 10.5 Å². The third kappa shape index (κ3) is 1.36. The number of rotatable bonds is 0. The smallest absolute Gasteiger partial charge is 0.102 e. The van der Waals surface area contributed by atoms with E-state index in [-0.39, 0.29) is 0 Å². The highest BCUT2D eigenvalue weighted by Crippen LogP contribution is 2.34. The first kappa shape index (κ1) is 11.3. The highest BCUT2D eigenvalue weighted by molar-refractivity contribution is 6.12. The van der Waals surface area contributed by atoms with Gasteiger partial charge in [-0.3, -0.25) is 0 Å². The number of hydrogen-bond donors (Lipinski definition) is 1. The minimum Gasteiger partial charge on any atom is -0.353 e. The van der Waals surface area contributed by atoms with Gasteiger partial charge in [0.2, 0.25) is 0 Å². The summed E-state index contributed by atoms with van der Waals surface area (Å²) in [4.78, 5) is 3.27. The number of nitriles is 2. The average Bonchev–Trinajstić information content (AvgIpc) is 2.80. The van der Waals surface area contributed by atoms with Crippen LogP contribution in [0.4, 0.5) is 0 Å². The van der Waals surface area contributed by atoms with Gasteiger partial charge in [0.1, 0.15) is 12.1 Å². The molecule has 90 valence electrons. The average molecular weight is 245 g/mol. The molecule has 0 amide bonds. The first-order valence-corrected chi connectivity index (χ1v) is 6.02. The van der Waals surface area contributed by atoms with Crippen molar-refractivity contribution in [3.8, 4) is 12.1 Å². The second-order valence-corrected chi connectivity index (χ2v) is 4.64. The van der Waals surface area contributed by atoms with Crippen molar-refractivity contribution in [1.29, 1.82) is 10.5 Å². The van der Waals surface area contributed by atoms with Crippen LogP contribution in [0.25, 0.3) is 21.8 Å². The van der Waals surface area contributed by atoms with Crippen molar-refractivity contribution in [3.63, 3.8) is 0 Å². The van der Waals surface area contributed by atoms with E-state index in [0.717, 1.165) is 32.9 Å². The third-order valence-corrected chi connectivity index (χ3v) is 3.74. The van der Waals surface area contributed by atoms with Gasteiger partial charge in [0, 0.05) is 16.3 Å². The van der Waals surface area contributed by atoms with Crippen LogP contribution in [0.2, 0.25) is 0 Å². The van der Waals surface area contributed by atoms with Crippen LogP contribution < -0.4 is 0 Å². The minimum absolute atomic E-state index is 0.628. The van der Waals surface area contributed by atoms with Crippen LogP contribution in [0.15, 0.2) is 24.3 Å². The second-order valence-electron chi connectivity index (χ2n) is 4.64. The molecule has 0 fully saturated rings. The van der Waals surface area contributed by atoms with E-state index < -0.39 is 0 Å². The number of nitrogens with zero attached hydrogens (tertiary/aromatic N) is 2. The van der Waals surface area contributed by atoms with E-state index in [1.807, 2.05) is 38.1 Å². The minimum atomic E-state index is 0.628. The van der Waals surface area contributed by atoms with Crippen molar-refractivity contribution in [2.45, 2.75) is 13.8 Å². The lowest BCUT2D eigenvalue weighted by Gasteiger charge is -2.07. The number of fused-ring (bicyclic) bond motifs is 3. The molecule has 1 N–H and O–H groups in total. The zero-order valence-electron chi connectivity index (χ0n) is 10.7. The summed E-state index contributed by atoms with van der Waals surface area (Å²) >= 11 is 0. The number of nitrogens with one attached hydrogen (secondary N) is 1. The second kappa shape index (κ2) is 3.86. The summed E-state index contributed by atoms with van der Waals surface area (Å²) in [6.07, 6.45) is 0. The predicted molar refractivity (Wildman–Crippen MR) is 74.7 cm³/mol. The molecule has 2 aromatic carbocycles. The molecule has 3 nitrogen and oxygen atoms in total. The van der Waals surface area contributed by atoms with Crippen molar-refractivity contribution >= 4 is 21.8 Å². The summed E-state index contributed by atoms with van der Waals surface area (Å²) < 4.78 is 0. The van der Waals surface area contributed by atoms with Crippen LogP contribution in [-0.2, 0) is 0 Å². The Balaban J connectivity index is 2.72. The molecule has 19 heavy (non-hydrogen) atoms. The Labute approximate surface area is 110 Å². The van der Waals surface area contributed by atoms with Gasteiger partial charge >= 0.3 is 0 Å². The molecule has 1 heterocycles. The largest absolute Gasteiger partial charge is 0.353 e. The molecular formula is C16H11N3. The van der Waals surface area contributed by atoms with Crippen LogP contribution >= 0.6 is 0 Å². The fourth-order valence-electron chi connectivity index (χ4n) is 2.62. The Morgan fingerprint density at radius 1 is 0.947 bits per heavy atom. The molecule has 0 radical (unpaired) electrons. The first-order chi connectivity index (χ1) is 9.19. The topological polar surface area (TPSA) is 63.4 Å². The number of para-hydroxylation sites is 1. The lowest BCUT2D eigenvalue weighted by molar-refractivity contribution is 1.30. The molecule has 1 aromatic heterocycles. The Bertz CT molecular complexity index is 902. The van der Waals surface area contributed by atoms with Crippen molar-refractivity contribution in [3.05, 3.63) is 46.5 Å². The first-order valence-electron chi connectivity index (χ1n) is 6.02. The standard InChI is InChI=1S/C16H11N3/c1-9-10(2)13(8-18)16-15(12(9)7-17)11-5-3-4-6-14(11)19-16/h3-6,19H,1-2H3. The molecule has 0 spiro atoms. The highest BCUT2D eigenvalue weighted by Gasteiger charge is 2.17. The molecule has 0 atom stereocenters. The number of H-pyrrole nitrogens is 1. The van der Waals surface area contributed by atoms with Gasteiger partial charge in [0.15, 0.2) is 0 Å². The van der Waals surface area contributed by atoms with Crippen LogP contribution in [0.1, 0.15) is 22.3 Å². The van der Waals surface area contributed by atoms with E-state index in [1.165, 1.54) is 0 Å². The Kier molecular flexibility index (Phi) is 2.30. The molecule has 0 saturated heterocycles. The summed E-state index contributed by atoms with van der Waals surface area (Å²) in [6.45, 7) is 3.79. The Hall–Kier alpha value is -2.78. The van der Waals surface area contributed by atoms with Crippen molar-refractivity contribution in [1.82, 2.24) is 4.98 Å². The van der Waals surface area contributed by atoms with Crippen molar-refractivity contribution < 1.29 is 0 Å². The zero-order valence-corrected chi connectivity index (χ0v) is 10.7. The highest BCUT2D eigenvalue weighted by atomic mass is 14.7. The lowest BCUT2D eigenvalue weighted by atomic mass is 9.94. The molecule has 0 bridgehead atoms. The van der Waals surface area contributed by atoms with Crippen LogP contribution in [0, 0.1) is 36.5 Å². The summed E-state index contributed by atoms with van der Waals surface area (Å²) in [5.74, 6) is 0. The molecule has 3 aromatic rings. The van der Waals surface area contributed by atoms with E-state index in [9.17, 15) is 10.5 Å². The number of aromatic nitrogens is 1. The van der Waals surface area contributed by atoms with Crippen LogP contribution in [0.3, 0.4) is 0 Å². The molecule has 0 aliphatic rings. The van der Waals surface area contributed by atoms with Gasteiger partial charge in [0.25, 0.3) is 0 Å². The van der Waals surface area contributed by atoms with Gasteiger partial charge in [-0.05, 0) is 31.0 Å². The molecular weight excluding hydrogens is 234 g/mol. The maximum Gasteiger partial charge on any atom is 0.102 e. The van der Waals surface area contributed by atoms with Crippen LogP contribution in [-0.4, -0.2) is 4.98 Å². The van der Waals surface area contributed by atoms with E-state index in [2.05, 4.69) is 17.1 Å². The summed E-state index contributed by atoms with van der Waals surface area (Å²) in [5, 5.41) is 20.7. The predicted octanol–water partition coefficient (Wildman–Crippen LogP) is 3.68. The SMILES string of the molecule is Cc1c(C)c(C#N)c2c([nH]c3ccccc32)c1C#N. The van der Waals surface area contributed by atoms with Crippen LogP contribution in [0.5, 0.6) is 0 Å². The summed E-state index contributed by atoms with van der Waals surface area (Å²) in [5.41, 5.74) is 4.76. The Morgan fingerprint density at radius 2 is 1.58 bits per heavy atom. The third-order valence-electron chi connectivity index (χ3n) is 3.74. The fraction of sp³-hybridized carbons (Fsp3) is 0.125. The van der Waals surface area contributed by atoms with E-state index in [1.54, 1.807) is 0 Å². The summed E-state index contributed by atoms with van der Waals surface area (Å²) in [6, 6.07) is 12.4. The monoisotopic (exact) mass is 245 g/mol. The quantitative estimate of drug-likeness (QED) is 0.656. The molecule has 3 heteroatoms. The lowest BCUT2D eigenvalue weighted by Crippen LogP contribution is -1.94. The van der Waals surface area contributed by atoms with Crippen molar-refractivity contribution in [2.24, 2.45) is 0 Å². The zero-order chi connectivity index (χ0) is 13.6. The van der Waals surface area contributed by atoms with Gasteiger partial charge in [0.05, 0.1) is 16.6 Å². The van der Waals surface area contributed by atoms with E-state index in [0.29, 0.717) is 11.1 Å². The van der Waals surface area contributed by atoms with Gasteiger partial charge in [-0.1, -0.05) is 18.2 Å². The normalized spacial score (nSPS) is 10.5. The van der Waals surface area contributed by atoms with E-state index in [4.69, 9.17) is 0 Å². The molecule has 0 saturated carbocycles. The van der Waals surface area contributed by atoms with Crippen molar-refractivity contribution in [2.75, 3.05) is 0 Å². The molecule has 3 rings (SSSR count).